The summed E-state index contributed by atoms with van der Waals surface area (Å²) in [5.74, 6) is 1.95. The van der Waals surface area contributed by atoms with Crippen LogP contribution >= 0.6 is 0 Å². The van der Waals surface area contributed by atoms with Gasteiger partial charge in [0.25, 0.3) is 0 Å². The third-order valence-electron chi connectivity index (χ3n) is 5.62. The third-order valence-corrected chi connectivity index (χ3v) is 5.62. The van der Waals surface area contributed by atoms with Crippen molar-refractivity contribution in [3.8, 4) is 17.2 Å². The minimum Gasteiger partial charge on any atom is -0.497 e. The van der Waals surface area contributed by atoms with Gasteiger partial charge >= 0.3 is 0 Å². The Bertz CT molecular complexity index is 1080. The zero-order valence-electron chi connectivity index (χ0n) is 19.2. The predicted octanol–water partition coefficient (Wildman–Crippen LogP) is 3.19. The van der Waals surface area contributed by atoms with Gasteiger partial charge in [0.1, 0.15) is 36.1 Å². The Morgan fingerprint density at radius 2 is 1.85 bits per heavy atom. The molecule has 7 heteroatoms. The van der Waals surface area contributed by atoms with Gasteiger partial charge in [-0.05, 0) is 23.8 Å². The molecule has 178 valence electrons. The van der Waals surface area contributed by atoms with Crippen molar-refractivity contribution in [2.45, 2.75) is 18.8 Å². The standard InChI is InChI=1S/C27H30N2O5/c1-32-23-11-7-12-24(14-23)33-19-22(30)15-28-27(31)18-29-16-21-10-5-6-13-25(21)34-26(17-29)20-8-3-2-4-9-20/h2-14,22,26,30H,15-19H2,1H3,(H,28,31). The van der Waals surface area contributed by atoms with Crippen molar-refractivity contribution >= 4 is 5.91 Å². The number of carbonyl (C=O) groups excluding carboxylic acids is 1. The van der Waals surface area contributed by atoms with Crippen LogP contribution in [0.15, 0.2) is 78.9 Å². The van der Waals surface area contributed by atoms with E-state index in [1.807, 2.05) is 66.7 Å². The Balaban J connectivity index is 1.31. The molecule has 3 aromatic rings. The highest BCUT2D eigenvalue weighted by molar-refractivity contribution is 5.78. The van der Waals surface area contributed by atoms with Crippen molar-refractivity contribution in [2.24, 2.45) is 0 Å². The first-order valence-electron chi connectivity index (χ1n) is 11.3. The molecule has 1 aliphatic rings. The number of nitrogens with zero attached hydrogens (tertiary/aromatic N) is 1. The van der Waals surface area contributed by atoms with Gasteiger partial charge in [0.2, 0.25) is 5.91 Å². The highest BCUT2D eigenvalue weighted by atomic mass is 16.5. The molecule has 0 bridgehead atoms. The van der Waals surface area contributed by atoms with Crippen molar-refractivity contribution in [1.82, 2.24) is 10.2 Å². The summed E-state index contributed by atoms with van der Waals surface area (Å²) in [5, 5.41) is 13.1. The minimum atomic E-state index is -0.833. The van der Waals surface area contributed by atoms with Gasteiger partial charge in [-0.1, -0.05) is 54.6 Å². The summed E-state index contributed by atoms with van der Waals surface area (Å²) in [6, 6.07) is 25.1. The van der Waals surface area contributed by atoms with Crippen LogP contribution in [-0.4, -0.2) is 55.4 Å². The number of hydrogen-bond acceptors (Lipinski definition) is 6. The van der Waals surface area contributed by atoms with Gasteiger partial charge in [-0.2, -0.15) is 0 Å². The smallest absolute Gasteiger partial charge is 0.234 e. The molecule has 2 unspecified atom stereocenters. The summed E-state index contributed by atoms with van der Waals surface area (Å²) >= 11 is 0. The van der Waals surface area contributed by atoms with Gasteiger partial charge in [-0.25, -0.2) is 0 Å². The lowest BCUT2D eigenvalue weighted by atomic mass is 10.1. The maximum atomic E-state index is 12.7. The van der Waals surface area contributed by atoms with Gasteiger partial charge in [-0.15, -0.1) is 0 Å². The predicted molar refractivity (Wildman–Crippen MR) is 129 cm³/mol. The highest BCUT2D eigenvalue weighted by Crippen LogP contribution is 2.30. The summed E-state index contributed by atoms with van der Waals surface area (Å²) in [5.41, 5.74) is 2.11. The summed E-state index contributed by atoms with van der Waals surface area (Å²) < 4.78 is 17.1. The van der Waals surface area contributed by atoms with Crippen molar-refractivity contribution < 1.29 is 24.1 Å². The van der Waals surface area contributed by atoms with Crippen LogP contribution in [0.25, 0.3) is 0 Å². The molecule has 0 saturated heterocycles. The monoisotopic (exact) mass is 462 g/mol. The van der Waals surface area contributed by atoms with Crippen molar-refractivity contribution in [1.29, 1.82) is 0 Å². The van der Waals surface area contributed by atoms with Gasteiger partial charge in [0, 0.05) is 31.3 Å². The molecule has 0 fully saturated rings. The zero-order valence-corrected chi connectivity index (χ0v) is 19.2. The molecule has 0 saturated carbocycles. The van der Waals surface area contributed by atoms with Gasteiger partial charge in [0.15, 0.2) is 0 Å². The molecule has 2 N–H and O–H groups in total. The number of aliphatic hydroxyl groups excluding tert-OH is 1. The number of ether oxygens (including phenoxy) is 3. The fraction of sp³-hybridized carbons (Fsp3) is 0.296. The van der Waals surface area contributed by atoms with E-state index in [1.54, 1.807) is 19.2 Å². The Morgan fingerprint density at radius 3 is 2.68 bits per heavy atom. The van der Waals surface area contributed by atoms with E-state index >= 15 is 0 Å². The average Bonchev–Trinajstić information content (AvgIpc) is 3.06. The zero-order chi connectivity index (χ0) is 23.8. The van der Waals surface area contributed by atoms with Crippen LogP contribution in [0, 0.1) is 0 Å². The molecule has 0 radical (unpaired) electrons. The molecule has 3 aromatic carbocycles. The molecule has 2 atom stereocenters. The van der Waals surface area contributed by atoms with E-state index in [1.165, 1.54) is 0 Å². The second-order valence-electron chi connectivity index (χ2n) is 8.24. The minimum absolute atomic E-state index is 0.0639. The van der Waals surface area contributed by atoms with Crippen LogP contribution in [0.1, 0.15) is 17.2 Å². The number of hydrogen-bond donors (Lipinski definition) is 2. The molecule has 1 amide bonds. The van der Waals surface area contributed by atoms with Gasteiger partial charge in [-0.3, -0.25) is 9.69 Å². The van der Waals surface area contributed by atoms with E-state index in [9.17, 15) is 9.90 Å². The molecule has 1 heterocycles. The van der Waals surface area contributed by atoms with E-state index in [4.69, 9.17) is 14.2 Å². The summed E-state index contributed by atoms with van der Waals surface area (Å²) in [6.45, 7) is 1.55. The summed E-state index contributed by atoms with van der Waals surface area (Å²) in [4.78, 5) is 14.7. The van der Waals surface area contributed by atoms with Crippen LogP contribution in [0.4, 0.5) is 0 Å². The van der Waals surface area contributed by atoms with Crippen LogP contribution in [0.3, 0.4) is 0 Å². The van der Waals surface area contributed by atoms with Crippen molar-refractivity contribution in [3.63, 3.8) is 0 Å². The SMILES string of the molecule is COc1cccc(OCC(O)CNC(=O)CN2Cc3ccccc3OC(c3ccccc3)C2)c1. The van der Waals surface area contributed by atoms with E-state index in [2.05, 4.69) is 10.2 Å². The normalized spacial score (nSPS) is 16.5. The topological polar surface area (TPSA) is 80.3 Å². The summed E-state index contributed by atoms with van der Waals surface area (Å²) in [6.07, 6.45) is -1.01. The Kier molecular flexibility index (Phi) is 8.01. The Morgan fingerprint density at radius 1 is 1.09 bits per heavy atom. The first-order valence-corrected chi connectivity index (χ1v) is 11.3. The largest absolute Gasteiger partial charge is 0.497 e. The molecule has 0 aliphatic carbocycles. The summed E-state index contributed by atoms with van der Waals surface area (Å²) in [7, 11) is 1.58. The second-order valence-corrected chi connectivity index (χ2v) is 8.24. The molecule has 0 aromatic heterocycles. The number of para-hydroxylation sites is 1. The first-order chi connectivity index (χ1) is 16.6. The molecule has 34 heavy (non-hydrogen) atoms. The fourth-order valence-electron chi connectivity index (χ4n) is 3.87. The number of methoxy groups -OCH3 is 1. The van der Waals surface area contributed by atoms with Crippen molar-refractivity contribution in [2.75, 3.05) is 33.4 Å². The van der Waals surface area contributed by atoms with Crippen LogP contribution in [-0.2, 0) is 11.3 Å². The molecule has 1 aliphatic heterocycles. The van der Waals surface area contributed by atoms with E-state index in [0.29, 0.717) is 24.6 Å². The lowest BCUT2D eigenvalue weighted by Gasteiger charge is -2.24. The number of carbonyl (C=O) groups is 1. The molecular formula is C27H30N2O5. The number of aliphatic hydroxyl groups is 1. The highest BCUT2D eigenvalue weighted by Gasteiger charge is 2.25. The maximum Gasteiger partial charge on any atom is 0.234 e. The molecule has 0 spiro atoms. The van der Waals surface area contributed by atoms with Gasteiger partial charge < -0.3 is 24.6 Å². The van der Waals surface area contributed by atoms with Crippen LogP contribution in [0.5, 0.6) is 17.2 Å². The lowest BCUT2D eigenvalue weighted by molar-refractivity contribution is -0.123. The number of amides is 1. The number of benzene rings is 3. The molecule has 7 nitrogen and oxygen atoms in total. The molecular weight excluding hydrogens is 432 g/mol. The Labute approximate surface area is 199 Å². The van der Waals surface area contributed by atoms with E-state index in [0.717, 1.165) is 16.9 Å². The number of nitrogens with one attached hydrogen (secondary N) is 1. The van der Waals surface area contributed by atoms with Crippen LogP contribution < -0.4 is 19.5 Å². The van der Waals surface area contributed by atoms with E-state index in [-0.39, 0.29) is 31.7 Å². The fourth-order valence-corrected chi connectivity index (χ4v) is 3.87. The van der Waals surface area contributed by atoms with Crippen molar-refractivity contribution in [3.05, 3.63) is 90.0 Å². The quantitative estimate of drug-likeness (QED) is 0.509. The maximum absolute atomic E-state index is 12.7. The third kappa shape index (κ3) is 6.50. The number of rotatable bonds is 9. The lowest BCUT2D eigenvalue weighted by Crippen LogP contribution is -2.42. The Hall–Kier alpha value is -3.55. The van der Waals surface area contributed by atoms with E-state index < -0.39 is 6.10 Å². The molecule has 4 rings (SSSR count). The van der Waals surface area contributed by atoms with Crippen LogP contribution in [0.2, 0.25) is 0 Å². The average molecular weight is 463 g/mol. The first kappa shape index (κ1) is 23.6. The second kappa shape index (κ2) is 11.5. The number of fused-ring (bicyclic) bond motifs is 1. The van der Waals surface area contributed by atoms with Gasteiger partial charge in [0.05, 0.1) is 13.7 Å².